The average molecular weight is 210 g/mol. The molecule has 0 aliphatic rings. The van der Waals surface area contributed by atoms with Gasteiger partial charge in [-0.25, -0.2) is 0 Å². The van der Waals surface area contributed by atoms with E-state index in [9.17, 15) is 0 Å². The molecule has 0 aromatic heterocycles. The van der Waals surface area contributed by atoms with Crippen molar-refractivity contribution in [2.45, 2.75) is 20.8 Å². The van der Waals surface area contributed by atoms with Gasteiger partial charge in [0.2, 0.25) is 0 Å². The second-order valence-electron chi connectivity index (χ2n) is 3.05. The van der Waals surface area contributed by atoms with Crippen LogP contribution in [0.3, 0.4) is 0 Å². The molecule has 0 saturated carbocycles. The van der Waals surface area contributed by atoms with Crippen LogP contribution in [0.1, 0.15) is 23.6 Å². The van der Waals surface area contributed by atoms with E-state index in [1.54, 1.807) is 0 Å². The first-order valence-corrected chi connectivity index (χ1v) is 4.82. The molecule has 14 heavy (non-hydrogen) atoms. The summed E-state index contributed by atoms with van der Waals surface area (Å²) in [6.45, 7) is 6.15. The number of nitriles is 1. The van der Waals surface area contributed by atoms with Crippen molar-refractivity contribution in [1.29, 1.82) is 5.26 Å². The molecule has 0 aliphatic carbocycles. The first-order chi connectivity index (χ1) is 6.61. The van der Waals surface area contributed by atoms with Gasteiger partial charge in [0.25, 0.3) is 0 Å². The average Bonchev–Trinajstić information content (AvgIpc) is 2.15. The van der Waals surface area contributed by atoms with Crippen LogP contribution in [0.25, 0.3) is 0 Å². The predicted molar refractivity (Wildman–Crippen MR) is 56.8 cm³/mol. The molecule has 3 heteroatoms. The molecule has 1 aromatic rings. The summed E-state index contributed by atoms with van der Waals surface area (Å²) in [7, 11) is 0. The fourth-order valence-corrected chi connectivity index (χ4v) is 1.57. The number of ether oxygens (including phenoxy) is 1. The van der Waals surface area contributed by atoms with Gasteiger partial charge in [0, 0.05) is 5.02 Å². The Kier molecular flexibility index (Phi) is 3.38. The van der Waals surface area contributed by atoms with E-state index in [0.717, 1.165) is 11.1 Å². The van der Waals surface area contributed by atoms with E-state index in [4.69, 9.17) is 21.6 Å². The van der Waals surface area contributed by atoms with E-state index in [1.807, 2.05) is 26.8 Å². The fourth-order valence-electron chi connectivity index (χ4n) is 1.32. The van der Waals surface area contributed by atoms with E-state index in [-0.39, 0.29) is 0 Å². The van der Waals surface area contributed by atoms with Gasteiger partial charge in [-0.3, -0.25) is 0 Å². The highest BCUT2D eigenvalue weighted by atomic mass is 35.5. The minimum Gasteiger partial charge on any atom is -0.492 e. The number of benzene rings is 1. The molecule has 0 unspecified atom stereocenters. The van der Waals surface area contributed by atoms with Gasteiger partial charge >= 0.3 is 0 Å². The maximum absolute atomic E-state index is 8.99. The Morgan fingerprint density at radius 1 is 1.50 bits per heavy atom. The van der Waals surface area contributed by atoms with Gasteiger partial charge in [0.1, 0.15) is 11.8 Å². The molecule has 0 heterocycles. The molecule has 0 saturated heterocycles. The number of aryl methyl sites for hydroxylation is 1. The molecule has 1 rings (SSSR count). The Morgan fingerprint density at radius 2 is 2.14 bits per heavy atom. The highest BCUT2D eigenvalue weighted by Crippen LogP contribution is 2.31. The fraction of sp³-hybridized carbons (Fsp3) is 0.364. The third-order valence-electron chi connectivity index (χ3n) is 2.06. The number of halogens is 1. The maximum atomic E-state index is 8.99. The number of hydrogen-bond acceptors (Lipinski definition) is 2. The molecule has 0 fully saturated rings. The lowest BCUT2D eigenvalue weighted by molar-refractivity contribution is 0.336. The molecular weight excluding hydrogens is 198 g/mol. The van der Waals surface area contributed by atoms with Crippen LogP contribution in [0.2, 0.25) is 5.02 Å². The minimum atomic E-state index is 0.539. The summed E-state index contributed by atoms with van der Waals surface area (Å²) in [6.07, 6.45) is 0. The molecule has 0 N–H and O–H groups in total. The lowest BCUT2D eigenvalue weighted by atomic mass is 10.0. The topological polar surface area (TPSA) is 33.0 Å². The van der Waals surface area contributed by atoms with Crippen LogP contribution < -0.4 is 4.74 Å². The summed E-state index contributed by atoms with van der Waals surface area (Å²) in [5.74, 6) is 0.650. The monoisotopic (exact) mass is 209 g/mol. The van der Waals surface area contributed by atoms with Gasteiger partial charge in [-0.15, -0.1) is 0 Å². The van der Waals surface area contributed by atoms with Crippen molar-refractivity contribution >= 4 is 11.6 Å². The zero-order valence-electron chi connectivity index (χ0n) is 8.52. The molecule has 0 bridgehead atoms. The van der Waals surface area contributed by atoms with Crippen molar-refractivity contribution < 1.29 is 4.74 Å². The van der Waals surface area contributed by atoms with Gasteiger partial charge in [0.15, 0.2) is 0 Å². The van der Waals surface area contributed by atoms with Gasteiger partial charge in [-0.1, -0.05) is 11.6 Å². The SMILES string of the molecule is CCOc1c(C)cc(Cl)c(C)c1C#N. The largest absolute Gasteiger partial charge is 0.492 e. The first-order valence-electron chi connectivity index (χ1n) is 4.44. The van der Waals surface area contributed by atoms with Gasteiger partial charge < -0.3 is 4.74 Å². The van der Waals surface area contributed by atoms with E-state index in [0.29, 0.717) is 22.9 Å². The normalized spacial score (nSPS) is 9.64. The summed E-state index contributed by atoms with van der Waals surface area (Å²) in [5, 5.41) is 9.60. The third-order valence-corrected chi connectivity index (χ3v) is 2.45. The highest BCUT2D eigenvalue weighted by molar-refractivity contribution is 6.31. The van der Waals surface area contributed by atoms with Gasteiger partial charge in [-0.05, 0) is 38.0 Å². The van der Waals surface area contributed by atoms with E-state index in [1.165, 1.54) is 0 Å². The molecule has 0 spiro atoms. The van der Waals surface area contributed by atoms with E-state index < -0.39 is 0 Å². The highest BCUT2D eigenvalue weighted by Gasteiger charge is 2.12. The Morgan fingerprint density at radius 3 is 2.64 bits per heavy atom. The molecule has 1 aromatic carbocycles. The molecule has 0 radical (unpaired) electrons. The summed E-state index contributed by atoms with van der Waals surface area (Å²) in [4.78, 5) is 0. The number of nitrogens with zero attached hydrogens (tertiary/aromatic N) is 1. The zero-order valence-corrected chi connectivity index (χ0v) is 9.27. The van der Waals surface area contributed by atoms with Crippen molar-refractivity contribution in [2.75, 3.05) is 6.61 Å². The van der Waals surface area contributed by atoms with Gasteiger partial charge in [0.05, 0.1) is 12.2 Å². The molecular formula is C11H12ClNO. The second kappa shape index (κ2) is 4.34. The van der Waals surface area contributed by atoms with E-state index >= 15 is 0 Å². The van der Waals surface area contributed by atoms with Crippen LogP contribution in [-0.4, -0.2) is 6.61 Å². The Labute approximate surface area is 89.1 Å². The van der Waals surface area contributed by atoms with Gasteiger partial charge in [-0.2, -0.15) is 5.26 Å². The first kappa shape index (κ1) is 10.9. The third kappa shape index (κ3) is 1.83. The summed E-state index contributed by atoms with van der Waals surface area (Å²) in [6, 6.07) is 3.94. The van der Waals surface area contributed by atoms with Crippen LogP contribution in [0.5, 0.6) is 5.75 Å². The molecule has 0 atom stereocenters. The van der Waals surface area contributed by atoms with Crippen molar-refractivity contribution in [3.8, 4) is 11.8 Å². The zero-order chi connectivity index (χ0) is 10.7. The molecule has 0 aliphatic heterocycles. The van der Waals surface area contributed by atoms with Crippen LogP contribution in [0.15, 0.2) is 6.07 Å². The second-order valence-corrected chi connectivity index (χ2v) is 3.46. The Balaban J connectivity index is 3.41. The summed E-state index contributed by atoms with van der Waals surface area (Å²) < 4.78 is 5.41. The van der Waals surface area contributed by atoms with Crippen molar-refractivity contribution in [3.63, 3.8) is 0 Å². The number of rotatable bonds is 2. The quantitative estimate of drug-likeness (QED) is 0.749. The lowest BCUT2D eigenvalue weighted by Crippen LogP contribution is -1.99. The van der Waals surface area contributed by atoms with Crippen LogP contribution in [-0.2, 0) is 0 Å². The maximum Gasteiger partial charge on any atom is 0.140 e. The molecule has 0 amide bonds. The Bertz CT molecular complexity index is 393. The predicted octanol–water partition coefficient (Wildman–Crippen LogP) is 3.23. The summed E-state index contributed by atoms with van der Waals surface area (Å²) in [5.41, 5.74) is 2.22. The molecule has 74 valence electrons. The smallest absolute Gasteiger partial charge is 0.140 e. The molecule has 2 nitrogen and oxygen atoms in total. The number of hydrogen-bond donors (Lipinski definition) is 0. The van der Waals surface area contributed by atoms with Crippen LogP contribution in [0.4, 0.5) is 0 Å². The van der Waals surface area contributed by atoms with Crippen LogP contribution >= 0.6 is 11.6 Å². The Hall–Kier alpha value is -1.20. The standard InChI is InChI=1S/C11H12ClNO/c1-4-14-11-7(2)5-10(12)8(3)9(11)6-13/h5H,4H2,1-3H3. The van der Waals surface area contributed by atoms with Crippen molar-refractivity contribution in [1.82, 2.24) is 0 Å². The van der Waals surface area contributed by atoms with Crippen LogP contribution in [0, 0.1) is 25.2 Å². The van der Waals surface area contributed by atoms with E-state index in [2.05, 4.69) is 6.07 Å². The van der Waals surface area contributed by atoms with Crippen molar-refractivity contribution in [3.05, 3.63) is 27.8 Å². The minimum absolute atomic E-state index is 0.539. The summed E-state index contributed by atoms with van der Waals surface area (Å²) >= 11 is 5.96. The lowest BCUT2D eigenvalue weighted by Gasteiger charge is -2.12. The van der Waals surface area contributed by atoms with Crippen molar-refractivity contribution in [2.24, 2.45) is 0 Å².